The monoisotopic (exact) mass is 371 g/mol. The van der Waals surface area contributed by atoms with E-state index in [2.05, 4.69) is 10.4 Å². The number of ether oxygens (including phenoxy) is 1. The van der Waals surface area contributed by atoms with Gasteiger partial charge in [-0.25, -0.2) is 4.68 Å². The fraction of sp³-hybridized carbons (Fsp3) is 0.0455. The standard InChI is InChI=1S/C22H17N3O3/c26-21(15-25-22(27)20-12-5-4-7-16(20)14-23-25)24-17-8-6-11-19(13-17)28-18-9-2-1-3-10-18/h1-14H,15H2,(H,24,26). The lowest BCUT2D eigenvalue weighted by Crippen LogP contribution is -2.29. The average molecular weight is 371 g/mol. The Kier molecular flexibility index (Phi) is 4.84. The summed E-state index contributed by atoms with van der Waals surface area (Å²) >= 11 is 0. The maximum absolute atomic E-state index is 12.5. The highest BCUT2D eigenvalue weighted by atomic mass is 16.5. The van der Waals surface area contributed by atoms with Crippen LogP contribution in [-0.4, -0.2) is 15.7 Å². The summed E-state index contributed by atoms with van der Waals surface area (Å²) in [6.07, 6.45) is 1.58. The molecule has 0 bridgehead atoms. The van der Waals surface area contributed by atoms with Gasteiger partial charge in [-0.15, -0.1) is 0 Å². The lowest BCUT2D eigenvalue weighted by molar-refractivity contribution is -0.117. The number of aromatic nitrogens is 2. The minimum Gasteiger partial charge on any atom is -0.457 e. The van der Waals surface area contributed by atoms with E-state index in [0.717, 1.165) is 10.1 Å². The SMILES string of the molecule is O=C(Cn1ncc2ccccc2c1=O)Nc1cccc(Oc2ccccc2)c1. The molecule has 0 spiro atoms. The third kappa shape index (κ3) is 3.91. The van der Waals surface area contributed by atoms with Gasteiger partial charge >= 0.3 is 0 Å². The van der Waals surface area contributed by atoms with Crippen molar-refractivity contribution in [3.05, 3.63) is 95.4 Å². The molecule has 0 atom stereocenters. The van der Waals surface area contributed by atoms with Crippen molar-refractivity contribution in [1.29, 1.82) is 0 Å². The van der Waals surface area contributed by atoms with Gasteiger partial charge < -0.3 is 10.1 Å². The molecule has 1 amide bonds. The van der Waals surface area contributed by atoms with Crippen LogP contribution >= 0.6 is 0 Å². The summed E-state index contributed by atoms with van der Waals surface area (Å²) in [7, 11) is 0. The number of para-hydroxylation sites is 1. The number of carbonyl (C=O) groups excluding carboxylic acids is 1. The topological polar surface area (TPSA) is 73.2 Å². The molecule has 0 aliphatic heterocycles. The van der Waals surface area contributed by atoms with Crippen LogP contribution in [0.25, 0.3) is 10.8 Å². The normalized spacial score (nSPS) is 10.6. The van der Waals surface area contributed by atoms with Crippen LogP contribution < -0.4 is 15.6 Å². The summed E-state index contributed by atoms with van der Waals surface area (Å²) < 4.78 is 6.92. The highest BCUT2D eigenvalue weighted by Gasteiger charge is 2.09. The van der Waals surface area contributed by atoms with Crippen molar-refractivity contribution >= 4 is 22.4 Å². The van der Waals surface area contributed by atoms with Crippen LogP contribution in [0.15, 0.2) is 89.9 Å². The quantitative estimate of drug-likeness (QED) is 0.579. The molecule has 28 heavy (non-hydrogen) atoms. The van der Waals surface area contributed by atoms with Gasteiger partial charge in [0.15, 0.2) is 0 Å². The number of amides is 1. The summed E-state index contributed by atoms with van der Waals surface area (Å²) in [6.45, 7) is -0.173. The fourth-order valence-electron chi connectivity index (χ4n) is 2.84. The number of nitrogens with one attached hydrogen (secondary N) is 1. The molecule has 6 nitrogen and oxygen atoms in total. The van der Waals surface area contributed by atoms with Gasteiger partial charge in [-0.1, -0.05) is 42.5 Å². The summed E-state index contributed by atoms with van der Waals surface area (Å²) in [5.74, 6) is 0.963. The Labute approximate surface area is 161 Å². The van der Waals surface area contributed by atoms with E-state index in [4.69, 9.17) is 4.74 Å². The number of fused-ring (bicyclic) bond motifs is 1. The minimum atomic E-state index is -0.346. The highest BCUT2D eigenvalue weighted by molar-refractivity contribution is 5.91. The van der Waals surface area contributed by atoms with Crippen molar-refractivity contribution in [3.8, 4) is 11.5 Å². The van der Waals surface area contributed by atoms with E-state index in [-0.39, 0.29) is 18.0 Å². The number of nitrogens with zero attached hydrogens (tertiary/aromatic N) is 2. The summed E-state index contributed by atoms with van der Waals surface area (Å²) in [6, 6.07) is 23.6. The summed E-state index contributed by atoms with van der Waals surface area (Å²) in [4.78, 5) is 24.9. The lowest BCUT2D eigenvalue weighted by atomic mass is 10.2. The summed E-state index contributed by atoms with van der Waals surface area (Å²) in [5.41, 5.74) is 0.279. The van der Waals surface area contributed by atoms with E-state index in [1.807, 2.05) is 42.5 Å². The summed E-state index contributed by atoms with van der Waals surface area (Å²) in [5, 5.41) is 8.13. The molecule has 4 rings (SSSR count). The van der Waals surface area contributed by atoms with Crippen LogP contribution in [-0.2, 0) is 11.3 Å². The van der Waals surface area contributed by atoms with Gasteiger partial charge in [0.2, 0.25) is 5.91 Å². The van der Waals surface area contributed by atoms with Crippen LogP contribution in [0.4, 0.5) is 5.69 Å². The van der Waals surface area contributed by atoms with E-state index in [1.165, 1.54) is 0 Å². The first-order chi connectivity index (χ1) is 13.7. The highest BCUT2D eigenvalue weighted by Crippen LogP contribution is 2.23. The number of anilines is 1. The Hall–Kier alpha value is -3.93. The number of rotatable bonds is 5. The predicted octanol–water partition coefficient (Wildman–Crippen LogP) is 3.83. The molecule has 1 aromatic heterocycles. The minimum absolute atomic E-state index is 0.173. The number of hydrogen-bond donors (Lipinski definition) is 1. The first kappa shape index (κ1) is 17.5. The Bertz CT molecular complexity index is 1190. The van der Waals surface area contributed by atoms with Crippen LogP contribution in [0, 0.1) is 0 Å². The third-order valence-electron chi connectivity index (χ3n) is 4.15. The van der Waals surface area contributed by atoms with Gasteiger partial charge in [0, 0.05) is 17.1 Å². The largest absolute Gasteiger partial charge is 0.457 e. The molecule has 0 radical (unpaired) electrons. The van der Waals surface area contributed by atoms with Crippen molar-refractivity contribution in [3.63, 3.8) is 0 Å². The molecule has 0 saturated carbocycles. The molecule has 0 saturated heterocycles. The maximum Gasteiger partial charge on any atom is 0.275 e. The second-order valence-electron chi connectivity index (χ2n) is 6.19. The molecule has 1 heterocycles. The Balaban J connectivity index is 1.48. The van der Waals surface area contributed by atoms with Crippen LogP contribution in [0.3, 0.4) is 0 Å². The predicted molar refractivity (Wildman–Crippen MR) is 108 cm³/mol. The third-order valence-corrected chi connectivity index (χ3v) is 4.15. The fourth-order valence-corrected chi connectivity index (χ4v) is 2.84. The van der Waals surface area contributed by atoms with Crippen molar-refractivity contribution < 1.29 is 9.53 Å². The molecule has 3 aromatic carbocycles. The molecule has 1 N–H and O–H groups in total. The zero-order chi connectivity index (χ0) is 19.3. The van der Waals surface area contributed by atoms with Gasteiger partial charge in [0.05, 0.1) is 11.6 Å². The van der Waals surface area contributed by atoms with E-state index in [1.54, 1.807) is 42.6 Å². The molecule has 0 aliphatic rings. The van der Waals surface area contributed by atoms with Gasteiger partial charge in [-0.05, 0) is 30.3 Å². The van der Waals surface area contributed by atoms with Gasteiger partial charge in [0.1, 0.15) is 18.0 Å². The van der Waals surface area contributed by atoms with E-state index in [9.17, 15) is 9.59 Å². The zero-order valence-corrected chi connectivity index (χ0v) is 14.9. The van der Waals surface area contributed by atoms with Gasteiger partial charge in [-0.2, -0.15) is 5.10 Å². The van der Waals surface area contributed by atoms with Crippen LogP contribution in [0.2, 0.25) is 0 Å². The number of carbonyl (C=O) groups is 1. The lowest BCUT2D eigenvalue weighted by Gasteiger charge is -2.10. The molecule has 6 heteroatoms. The number of hydrogen-bond acceptors (Lipinski definition) is 4. The molecular formula is C22H17N3O3. The van der Waals surface area contributed by atoms with E-state index < -0.39 is 0 Å². The second-order valence-corrected chi connectivity index (χ2v) is 6.19. The Morgan fingerprint density at radius 1 is 0.929 bits per heavy atom. The van der Waals surface area contributed by atoms with Gasteiger partial charge in [-0.3, -0.25) is 9.59 Å². The second kappa shape index (κ2) is 7.75. The zero-order valence-electron chi connectivity index (χ0n) is 14.9. The Morgan fingerprint density at radius 3 is 2.54 bits per heavy atom. The van der Waals surface area contributed by atoms with E-state index >= 15 is 0 Å². The molecular weight excluding hydrogens is 354 g/mol. The first-order valence-electron chi connectivity index (χ1n) is 8.77. The first-order valence-corrected chi connectivity index (χ1v) is 8.77. The molecule has 0 unspecified atom stereocenters. The smallest absolute Gasteiger partial charge is 0.275 e. The molecule has 0 aliphatic carbocycles. The Morgan fingerprint density at radius 2 is 1.68 bits per heavy atom. The molecule has 138 valence electrons. The van der Waals surface area contributed by atoms with Crippen molar-refractivity contribution in [2.45, 2.75) is 6.54 Å². The van der Waals surface area contributed by atoms with Crippen LogP contribution in [0.1, 0.15) is 0 Å². The van der Waals surface area contributed by atoms with Crippen molar-refractivity contribution in [2.24, 2.45) is 0 Å². The van der Waals surface area contributed by atoms with Crippen molar-refractivity contribution in [2.75, 3.05) is 5.32 Å². The van der Waals surface area contributed by atoms with E-state index in [0.29, 0.717) is 22.6 Å². The number of benzene rings is 3. The molecule has 0 fully saturated rings. The molecule has 4 aromatic rings. The maximum atomic E-state index is 12.5. The average Bonchev–Trinajstić information content (AvgIpc) is 2.71. The van der Waals surface area contributed by atoms with Crippen molar-refractivity contribution in [1.82, 2.24) is 9.78 Å². The van der Waals surface area contributed by atoms with Crippen LogP contribution in [0.5, 0.6) is 11.5 Å². The van der Waals surface area contributed by atoms with Gasteiger partial charge in [0.25, 0.3) is 5.56 Å².